The highest BCUT2D eigenvalue weighted by Gasteiger charge is 2.09. The predicted molar refractivity (Wildman–Crippen MR) is 122 cm³/mol. The highest BCUT2D eigenvalue weighted by molar-refractivity contribution is 7.07. The van der Waals surface area contributed by atoms with Crippen LogP contribution in [0, 0.1) is 0 Å². The molecule has 4 aromatic rings. The molecule has 2 aromatic heterocycles. The van der Waals surface area contributed by atoms with E-state index < -0.39 is 6.61 Å². The molecule has 2 heterocycles. The summed E-state index contributed by atoms with van der Waals surface area (Å²) in [4.78, 5) is 9.75. The first-order valence-corrected chi connectivity index (χ1v) is 10.8. The maximum absolute atomic E-state index is 12.5. The molecule has 32 heavy (non-hydrogen) atoms. The van der Waals surface area contributed by atoms with Crippen molar-refractivity contribution in [1.82, 2.24) is 9.66 Å². The quantitative estimate of drug-likeness (QED) is 0.345. The van der Waals surface area contributed by atoms with Gasteiger partial charge < -0.3 is 4.74 Å². The van der Waals surface area contributed by atoms with Crippen LogP contribution in [-0.2, 0) is 6.42 Å². The van der Waals surface area contributed by atoms with Gasteiger partial charge in [-0.3, -0.25) is 9.98 Å². The summed E-state index contributed by atoms with van der Waals surface area (Å²) in [5, 5.41) is 6.55. The molecule has 0 aliphatic carbocycles. The summed E-state index contributed by atoms with van der Waals surface area (Å²) in [6.45, 7) is -2.24. The van der Waals surface area contributed by atoms with E-state index in [9.17, 15) is 8.78 Å². The molecule has 0 aliphatic rings. The van der Waals surface area contributed by atoms with Gasteiger partial charge in [0.2, 0.25) is 4.80 Å². The number of ether oxygens (including phenoxy) is 1. The summed E-state index contributed by atoms with van der Waals surface area (Å²) in [5.41, 5.74) is 3.54. The summed E-state index contributed by atoms with van der Waals surface area (Å²) < 4.78 is 31.1. The Hall–Kier alpha value is -3.65. The molecule has 0 saturated carbocycles. The van der Waals surface area contributed by atoms with Crippen LogP contribution in [0.15, 0.2) is 94.5 Å². The second-order valence-corrected chi connectivity index (χ2v) is 7.57. The average Bonchev–Trinajstić information content (AvgIpc) is 3.22. The number of alkyl halides is 2. The Labute approximate surface area is 188 Å². The number of halogens is 2. The SMILES string of the molecule is FC(F)Oc1ccc(-c2csc(=NCCc3ccccc3)n2/N=C/c2ccccn2)cc1. The molecule has 8 heteroatoms. The number of hydrogen-bond donors (Lipinski definition) is 0. The average molecular weight is 451 g/mol. The van der Waals surface area contributed by atoms with Crippen LogP contribution in [0.3, 0.4) is 0 Å². The minimum Gasteiger partial charge on any atom is -0.435 e. The first kappa shape index (κ1) is 21.6. The number of benzene rings is 2. The van der Waals surface area contributed by atoms with Crippen molar-refractivity contribution in [3.8, 4) is 17.0 Å². The summed E-state index contributed by atoms with van der Waals surface area (Å²) in [6, 6.07) is 22.2. The molecule has 4 rings (SSSR count). The molecule has 0 bridgehead atoms. The summed E-state index contributed by atoms with van der Waals surface area (Å²) >= 11 is 1.47. The fourth-order valence-electron chi connectivity index (χ4n) is 3.02. The van der Waals surface area contributed by atoms with Crippen LogP contribution in [0.25, 0.3) is 11.3 Å². The normalized spacial score (nSPS) is 12.0. The lowest BCUT2D eigenvalue weighted by Crippen LogP contribution is -2.13. The third kappa shape index (κ3) is 5.73. The Morgan fingerprint density at radius 1 is 1.00 bits per heavy atom. The van der Waals surface area contributed by atoms with Crippen molar-refractivity contribution in [3.05, 3.63) is 100 Å². The lowest BCUT2D eigenvalue weighted by atomic mass is 10.1. The van der Waals surface area contributed by atoms with Crippen LogP contribution in [0.2, 0.25) is 0 Å². The fourth-order valence-corrected chi connectivity index (χ4v) is 3.88. The summed E-state index contributed by atoms with van der Waals surface area (Å²) in [7, 11) is 0. The van der Waals surface area contributed by atoms with Gasteiger partial charge in [0.05, 0.1) is 17.6 Å². The fraction of sp³-hybridized carbons (Fsp3) is 0.125. The van der Waals surface area contributed by atoms with Crippen molar-refractivity contribution >= 4 is 17.6 Å². The van der Waals surface area contributed by atoms with Crippen LogP contribution < -0.4 is 9.54 Å². The largest absolute Gasteiger partial charge is 0.435 e. The maximum atomic E-state index is 12.5. The zero-order chi connectivity index (χ0) is 22.2. The van der Waals surface area contributed by atoms with Crippen molar-refractivity contribution in [1.29, 1.82) is 0 Å². The Bertz CT molecular complexity index is 1220. The van der Waals surface area contributed by atoms with E-state index in [0.29, 0.717) is 12.2 Å². The number of thiazole rings is 1. The number of nitrogens with zero attached hydrogens (tertiary/aromatic N) is 4. The molecule has 162 valence electrons. The van der Waals surface area contributed by atoms with E-state index in [1.54, 1.807) is 29.2 Å². The molecule has 2 aromatic carbocycles. The molecule has 0 saturated heterocycles. The molecule has 0 radical (unpaired) electrons. The van der Waals surface area contributed by atoms with Gasteiger partial charge in [0.25, 0.3) is 0 Å². The molecule has 5 nitrogen and oxygen atoms in total. The van der Waals surface area contributed by atoms with Gasteiger partial charge in [0, 0.05) is 23.7 Å². The topological polar surface area (TPSA) is 51.8 Å². The molecule has 0 spiro atoms. The van der Waals surface area contributed by atoms with Gasteiger partial charge in [0.1, 0.15) is 5.75 Å². The minimum atomic E-state index is -2.86. The van der Waals surface area contributed by atoms with E-state index in [2.05, 4.69) is 27.0 Å². The van der Waals surface area contributed by atoms with Gasteiger partial charge in [-0.2, -0.15) is 13.9 Å². The van der Waals surface area contributed by atoms with Crippen molar-refractivity contribution in [3.63, 3.8) is 0 Å². The lowest BCUT2D eigenvalue weighted by molar-refractivity contribution is -0.0498. The van der Waals surface area contributed by atoms with E-state index in [1.807, 2.05) is 41.8 Å². The smallest absolute Gasteiger partial charge is 0.387 e. The standard InChI is InChI=1S/C24H20F2N4OS/c25-23(26)31-21-11-9-19(10-12-21)22-17-32-24(28-15-13-18-6-2-1-3-7-18)30(22)29-16-20-8-4-5-14-27-20/h1-12,14,16-17,23H,13,15H2/b28-24?,29-16+. The van der Waals surface area contributed by atoms with E-state index >= 15 is 0 Å². The van der Waals surface area contributed by atoms with E-state index in [4.69, 9.17) is 4.99 Å². The van der Waals surface area contributed by atoms with Crippen molar-refractivity contribution in [2.45, 2.75) is 13.0 Å². The van der Waals surface area contributed by atoms with Gasteiger partial charge in [-0.1, -0.05) is 36.4 Å². The van der Waals surface area contributed by atoms with Crippen LogP contribution in [-0.4, -0.2) is 29.0 Å². The van der Waals surface area contributed by atoms with Crippen LogP contribution >= 0.6 is 11.3 Å². The Balaban J connectivity index is 1.65. The Morgan fingerprint density at radius 2 is 1.78 bits per heavy atom. The second kappa shape index (κ2) is 10.6. The van der Waals surface area contributed by atoms with Crippen LogP contribution in [0.5, 0.6) is 5.75 Å². The monoisotopic (exact) mass is 450 g/mol. The summed E-state index contributed by atoms with van der Waals surface area (Å²) in [6.07, 6.45) is 4.19. The highest BCUT2D eigenvalue weighted by atomic mass is 32.1. The first-order chi connectivity index (χ1) is 15.7. The Kier molecular flexibility index (Phi) is 7.14. The molecule has 0 N–H and O–H groups in total. The van der Waals surface area contributed by atoms with Crippen molar-refractivity contribution < 1.29 is 13.5 Å². The van der Waals surface area contributed by atoms with E-state index in [0.717, 1.165) is 22.5 Å². The maximum Gasteiger partial charge on any atom is 0.387 e. The summed E-state index contributed by atoms with van der Waals surface area (Å²) in [5.74, 6) is 0.107. The molecule has 0 aliphatic heterocycles. The zero-order valence-electron chi connectivity index (χ0n) is 17.0. The highest BCUT2D eigenvalue weighted by Crippen LogP contribution is 2.24. The van der Waals surface area contributed by atoms with E-state index in [-0.39, 0.29) is 5.75 Å². The number of hydrogen-bond acceptors (Lipinski definition) is 5. The number of aromatic nitrogens is 2. The molecule has 0 fully saturated rings. The van der Waals surface area contributed by atoms with Crippen LogP contribution in [0.4, 0.5) is 8.78 Å². The van der Waals surface area contributed by atoms with Gasteiger partial charge in [-0.25, -0.2) is 4.68 Å². The lowest BCUT2D eigenvalue weighted by Gasteiger charge is -2.07. The molecular weight excluding hydrogens is 430 g/mol. The van der Waals surface area contributed by atoms with Gasteiger partial charge >= 0.3 is 6.61 Å². The first-order valence-electron chi connectivity index (χ1n) is 9.94. The third-order valence-corrected chi connectivity index (χ3v) is 5.40. The molecule has 0 amide bonds. The minimum absolute atomic E-state index is 0.107. The number of rotatable bonds is 8. The predicted octanol–water partition coefficient (Wildman–Crippen LogP) is 5.24. The second-order valence-electron chi connectivity index (χ2n) is 6.73. The van der Waals surface area contributed by atoms with Crippen LogP contribution in [0.1, 0.15) is 11.3 Å². The van der Waals surface area contributed by atoms with Gasteiger partial charge in [0.15, 0.2) is 0 Å². The molecular formula is C24H20F2N4OS. The van der Waals surface area contributed by atoms with Crippen molar-refractivity contribution in [2.75, 3.05) is 6.54 Å². The molecule has 0 unspecified atom stereocenters. The zero-order valence-corrected chi connectivity index (χ0v) is 17.8. The van der Waals surface area contributed by atoms with Gasteiger partial charge in [-0.05, 0) is 48.4 Å². The van der Waals surface area contributed by atoms with E-state index in [1.165, 1.54) is 29.0 Å². The number of pyridine rings is 1. The Morgan fingerprint density at radius 3 is 2.50 bits per heavy atom. The third-order valence-electron chi connectivity index (χ3n) is 4.54. The van der Waals surface area contributed by atoms with Gasteiger partial charge in [-0.15, -0.1) is 11.3 Å². The van der Waals surface area contributed by atoms with Crippen molar-refractivity contribution in [2.24, 2.45) is 10.1 Å². The molecule has 0 atom stereocenters.